The minimum absolute atomic E-state index is 0.0931. The molecule has 0 aliphatic rings. The molecule has 0 N–H and O–H groups in total. The Morgan fingerprint density at radius 1 is 0.318 bits per heavy atom. The van der Waals surface area contributed by atoms with E-state index in [2.05, 4.69) is 106 Å². The van der Waals surface area contributed by atoms with E-state index in [0.29, 0.717) is 19.3 Å². The Morgan fingerprint density at radius 2 is 0.591 bits per heavy atom. The molecule has 0 aromatic heterocycles. The van der Waals surface area contributed by atoms with E-state index in [9.17, 15) is 14.4 Å². The van der Waals surface area contributed by atoms with Crippen LogP contribution in [0, 0.1) is 0 Å². The Bertz CT molecular complexity index is 1290. The third kappa shape index (κ3) is 51.6. The first-order chi connectivity index (χ1) is 32.5. The number of carbonyl (C=O) groups excluding carboxylic acids is 3. The second kappa shape index (κ2) is 54.2. The number of hydrogen-bond donors (Lipinski definition) is 0. The van der Waals surface area contributed by atoms with Gasteiger partial charge in [0, 0.05) is 19.3 Å². The molecule has 0 heterocycles. The van der Waals surface area contributed by atoms with Gasteiger partial charge in [0.25, 0.3) is 0 Å². The topological polar surface area (TPSA) is 78.9 Å². The summed E-state index contributed by atoms with van der Waals surface area (Å²) >= 11 is 0. The van der Waals surface area contributed by atoms with Crippen LogP contribution in [0.5, 0.6) is 0 Å². The molecule has 0 aromatic rings. The van der Waals surface area contributed by atoms with Gasteiger partial charge in [0.15, 0.2) is 6.10 Å². The smallest absolute Gasteiger partial charge is 0.306 e. The molecule has 0 aromatic carbocycles. The van der Waals surface area contributed by atoms with Gasteiger partial charge in [-0.05, 0) is 89.9 Å². The fraction of sp³-hybridized carbons (Fsp3) is 0.717. The summed E-state index contributed by atoms with van der Waals surface area (Å²) < 4.78 is 16.8. The molecular weight excluding hydrogens is 817 g/mol. The van der Waals surface area contributed by atoms with Crippen LogP contribution in [-0.2, 0) is 28.6 Å². The van der Waals surface area contributed by atoms with Crippen molar-refractivity contribution in [3.63, 3.8) is 0 Å². The van der Waals surface area contributed by atoms with Crippen molar-refractivity contribution in [1.82, 2.24) is 0 Å². The summed E-state index contributed by atoms with van der Waals surface area (Å²) in [5.41, 5.74) is 0. The zero-order valence-electron chi connectivity index (χ0n) is 43.2. The number of esters is 3. The first-order valence-electron chi connectivity index (χ1n) is 27.7. The lowest BCUT2D eigenvalue weighted by Gasteiger charge is -2.18. The molecule has 0 aliphatic heterocycles. The Hall–Kier alpha value is -3.41. The van der Waals surface area contributed by atoms with Crippen molar-refractivity contribution in [2.75, 3.05) is 13.2 Å². The molecule has 0 amide bonds. The van der Waals surface area contributed by atoms with Gasteiger partial charge in [-0.1, -0.05) is 234 Å². The predicted octanol–water partition coefficient (Wildman–Crippen LogP) is 18.4. The van der Waals surface area contributed by atoms with Gasteiger partial charge in [-0.25, -0.2) is 0 Å². The molecule has 378 valence electrons. The Labute approximate surface area is 407 Å². The van der Waals surface area contributed by atoms with E-state index in [-0.39, 0.29) is 31.1 Å². The highest BCUT2D eigenvalue weighted by molar-refractivity contribution is 5.71. The van der Waals surface area contributed by atoms with E-state index in [1.807, 2.05) is 0 Å². The predicted molar refractivity (Wildman–Crippen MR) is 284 cm³/mol. The van der Waals surface area contributed by atoms with Crippen molar-refractivity contribution in [3.8, 4) is 0 Å². The summed E-state index contributed by atoms with van der Waals surface area (Å²) in [6.45, 7) is 6.45. The first kappa shape index (κ1) is 62.6. The van der Waals surface area contributed by atoms with Crippen LogP contribution >= 0.6 is 0 Å². The van der Waals surface area contributed by atoms with Gasteiger partial charge in [0.1, 0.15) is 13.2 Å². The molecule has 0 rings (SSSR count). The van der Waals surface area contributed by atoms with Crippen molar-refractivity contribution in [2.45, 2.75) is 264 Å². The quantitative estimate of drug-likeness (QED) is 0.0262. The lowest BCUT2D eigenvalue weighted by molar-refractivity contribution is -0.167. The monoisotopic (exact) mass is 919 g/mol. The van der Waals surface area contributed by atoms with Crippen LogP contribution in [0.1, 0.15) is 258 Å². The molecule has 0 saturated heterocycles. The Morgan fingerprint density at radius 3 is 0.955 bits per heavy atom. The highest BCUT2D eigenvalue weighted by Crippen LogP contribution is 2.14. The molecule has 6 nitrogen and oxygen atoms in total. The van der Waals surface area contributed by atoms with Crippen LogP contribution in [0.3, 0.4) is 0 Å². The number of carbonyl (C=O) groups is 3. The minimum atomic E-state index is -0.795. The average Bonchev–Trinajstić information content (AvgIpc) is 3.31. The van der Waals surface area contributed by atoms with E-state index >= 15 is 0 Å². The van der Waals surface area contributed by atoms with Gasteiger partial charge in [0.2, 0.25) is 0 Å². The average molecular weight is 919 g/mol. The fourth-order valence-corrected chi connectivity index (χ4v) is 7.54. The third-order valence-electron chi connectivity index (χ3n) is 11.7. The normalized spacial score (nSPS) is 12.7. The zero-order valence-corrected chi connectivity index (χ0v) is 43.2. The van der Waals surface area contributed by atoms with E-state index in [0.717, 1.165) is 96.3 Å². The molecule has 66 heavy (non-hydrogen) atoms. The largest absolute Gasteiger partial charge is 0.462 e. The van der Waals surface area contributed by atoms with Crippen LogP contribution in [0.15, 0.2) is 85.1 Å². The summed E-state index contributed by atoms with van der Waals surface area (Å²) in [7, 11) is 0. The highest BCUT2D eigenvalue weighted by Gasteiger charge is 2.19. The van der Waals surface area contributed by atoms with Gasteiger partial charge in [-0.15, -0.1) is 0 Å². The van der Waals surface area contributed by atoms with Crippen LogP contribution in [0.25, 0.3) is 0 Å². The van der Waals surface area contributed by atoms with Crippen LogP contribution in [0.2, 0.25) is 0 Å². The van der Waals surface area contributed by atoms with Crippen molar-refractivity contribution < 1.29 is 28.6 Å². The van der Waals surface area contributed by atoms with Gasteiger partial charge >= 0.3 is 17.9 Å². The molecule has 0 fully saturated rings. The second-order valence-corrected chi connectivity index (χ2v) is 18.2. The first-order valence-corrected chi connectivity index (χ1v) is 27.7. The van der Waals surface area contributed by atoms with E-state index in [1.54, 1.807) is 0 Å². The zero-order chi connectivity index (χ0) is 47.9. The number of hydrogen-bond acceptors (Lipinski definition) is 6. The second-order valence-electron chi connectivity index (χ2n) is 18.2. The molecule has 0 saturated carbocycles. The lowest BCUT2D eigenvalue weighted by Crippen LogP contribution is -2.30. The number of allylic oxidation sites excluding steroid dienone is 14. The summed E-state index contributed by atoms with van der Waals surface area (Å²) in [4.78, 5) is 38.1. The van der Waals surface area contributed by atoms with Crippen molar-refractivity contribution in [2.24, 2.45) is 0 Å². The molecule has 6 heteroatoms. The minimum Gasteiger partial charge on any atom is -0.462 e. The van der Waals surface area contributed by atoms with Gasteiger partial charge < -0.3 is 14.2 Å². The van der Waals surface area contributed by atoms with Crippen molar-refractivity contribution in [3.05, 3.63) is 85.1 Å². The van der Waals surface area contributed by atoms with Crippen LogP contribution in [0.4, 0.5) is 0 Å². The molecule has 0 aliphatic carbocycles. The maximum absolute atomic E-state index is 12.8. The number of unbranched alkanes of at least 4 members (excludes halogenated alkanes) is 28. The SMILES string of the molecule is CC\C=C/C=C\C=C/CCCCCCCCCC(=O)OC(COC(=O)CCCCCCC/C=C\C=C/CCCCCCCCC)COC(=O)CCCCCCCC/C=C\C=C/CCCCC. The van der Waals surface area contributed by atoms with E-state index in [1.165, 1.54) is 122 Å². The molecule has 1 unspecified atom stereocenters. The van der Waals surface area contributed by atoms with Crippen molar-refractivity contribution in [1.29, 1.82) is 0 Å². The number of rotatable bonds is 49. The maximum Gasteiger partial charge on any atom is 0.306 e. The lowest BCUT2D eigenvalue weighted by atomic mass is 10.1. The van der Waals surface area contributed by atoms with Crippen molar-refractivity contribution >= 4 is 17.9 Å². The molecule has 0 bridgehead atoms. The maximum atomic E-state index is 12.8. The summed E-state index contributed by atoms with van der Waals surface area (Å²) in [5.74, 6) is -0.928. The fourth-order valence-electron chi connectivity index (χ4n) is 7.54. The molecule has 0 spiro atoms. The van der Waals surface area contributed by atoms with E-state index < -0.39 is 6.10 Å². The summed E-state index contributed by atoms with van der Waals surface area (Å²) in [5, 5.41) is 0. The summed E-state index contributed by atoms with van der Waals surface area (Å²) in [6.07, 6.45) is 69.9. The summed E-state index contributed by atoms with van der Waals surface area (Å²) in [6, 6.07) is 0. The molecule has 1 atom stereocenters. The van der Waals surface area contributed by atoms with Gasteiger partial charge in [0.05, 0.1) is 0 Å². The Kier molecular flexibility index (Phi) is 51.4. The molecule has 0 radical (unpaired) electrons. The third-order valence-corrected chi connectivity index (χ3v) is 11.7. The van der Waals surface area contributed by atoms with Gasteiger partial charge in [-0.3, -0.25) is 14.4 Å². The number of ether oxygens (including phenoxy) is 3. The standard InChI is InChI=1S/C60H102O6/c1-4-7-10-13-16-19-22-25-28-29-30-33-35-38-41-44-47-50-53-59(62)65-56-57(66-60(63)54-51-48-45-42-39-36-32-27-24-21-18-15-12-9-6-3)55-64-58(61)52-49-46-43-40-37-34-31-26-23-20-17-14-11-8-5-2/h9,12,15,17-18,20-21,23-24,26,28-30,33,57H,4-8,10-11,13-14,16,19,22,25,27,31-32,34-56H2,1-3H3/b12-9-,18-15-,20-17-,24-21-,26-23-,29-28-,33-30-. The van der Waals surface area contributed by atoms with Crippen LogP contribution < -0.4 is 0 Å². The Balaban J connectivity index is 4.44. The molecular formula is C60H102O6. The van der Waals surface area contributed by atoms with Gasteiger partial charge in [-0.2, -0.15) is 0 Å². The van der Waals surface area contributed by atoms with Crippen LogP contribution in [-0.4, -0.2) is 37.2 Å². The highest BCUT2D eigenvalue weighted by atomic mass is 16.6. The van der Waals surface area contributed by atoms with E-state index in [4.69, 9.17) is 14.2 Å².